The van der Waals surface area contributed by atoms with Gasteiger partial charge in [0, 0.05) is 29.2 Å². The van der Waals surface area contributed by atoms with Gasteiger partial charge in [-0.15, -0.1) is 0 Å². The third-order valence-corrected chi connectivity index (χ3v) is 6.93. The summed E-state index contributed by atoms with van der Waals surface area (Å²) in [4.78, 5) is 13.9. The number of carbonyl (C=O) groups excluding carboxylic acids is 1. The first kappa shape index (κ1) is 23.6. The molecule has 1 heterocycles. The summed E-state index contributed by atoms with van der Waals surface area (Å²) in [7, 11) is 6.43. The largest absolute Gasteiger partial charge is 0.496 e. The van der Waals surface area contributed by atoms with E-state index in [0.29, 0.717) is 35.7 Å². The number of para-hydroxylation sites is 3. The second-order valence-electron chi connectivity index (χ2n) is 8.83. The van der Waals surface area contributed by atoms with Crippen molar-refractivity contribution >= 4 is 17.2 Å². The lowest BCUT2D eigenvalue weighted by Gasteiger charge is -2.31. The molecule has 3 aromatic rings. The highest BCUT2D eigenvalue weighted by Gasteiger charge is 2.38. The Bertz CT molecular complexity index is 1330. The number of nitrogens with one attached hydrogen (secondary N) is 2. The fourth-order valence-corrected chi connectivity index (χ4v) is 5.30. The van der Waals surface area contributed by atoms with Crippen molar-refractivity contribution in [2.75, 3.05) is 39.1 Å². The van der Waals surface area contributed by atoms with Crippen LogP contribution >= 0.6 is 0 Å². The standard InChI is InChI=1S/C29H30N2O5/c1-33-24-12-8-5-9-18(24)17-15-22-26(23(32)16-17)27(31-21-11-7-6-10-20(21)30-22)19-13-14-25(34-2)29(36-4)28(19)35-3/h5-14,17,27,30-31H,15-16H2,1-4H3. The predicted octanol–water partition coefficient (Wildman–Crippen LogP) is 5.70. The highest BCUT2D eigenvalue weighted by molar-refractivity contribution is 6.01. The highest BCUT2D eigenvalue weighted by atomic mass is 16.5. The molecule has 36 heavy (non-hydrogen) atoms. The zero-order valence-corrected chi connectivity index (χ0v) is 20.9. The number of ketones is 1. The molecular formula is C29H30N2O5. The normalized spacial score (nSPS) is 18.7. The molecule has 2 unspecified atom stereocenters. The summed E-state index contributed by atoms with van der Waals surface area (Å²) in [6, 6.07) is 19.2. The number of fused-ring (bicyclic) bond motifs is 1. The van der Waals surface area contributed by atoms with Crippen LogP contribution in [0, 0.1) is 0 Å². The Morgan fingerprint density at radius 2 is 1.39 bits per heavy atom. The van der Waals surface area contributed by atoms with E-state index in [2.05, 4.69) is 10.6 Å². The van der Waals surface area contributed by atoms with Gasteiger partial charge in [0.15, 0.2) is 17.3 Å². The van der Waals surface area contributed by atoms with E-state index >= 15 is 0 Å². The minimum absolute atomic E-state index is 0.00175. The molecule has 0 aromatic heterocycles. The molecule has 0 bridgehead atoms. The van der Waals surface area contributed by atoms with Crippen molar-refractivity contribution in [3.63, 3.8) is 0 Å². The highest BCUT2D eigenvalue weighted by Crippen LogP contribution is 2.49. The summed E-state index contributed by atoms with van der Waals surface area (Å²) < 4.78 is 22.6. The lowest BCUT2D eigenvalue weighted by Crippen LogP contribution is -2.27. The van der Waals surface area contributed by atoms with E-state index in [4.69, 9.17) is 18.9 Å². The number of Topliss-reactive ketones (excluding diaryl/α,β-unsaturated/α-hetero) is 1. The van der Waals surface area contributed by atoms with Crippen molar-refractivity contribution in [1.29, 1.82) is 0 Å². The smallest absolute Gasteiger partial charge is 0.203 e. The van der Waals surface area contributed by atoms with Crippen LogP contribution in [0.3, 0.4) is 0 Å². The second kappa shape index (κ2) is 9.85. The van der Waals surface area contributed by atoms with Gasteiger partial charge in [-0.25, -0.2) is 0 Å². The van der Waals surface area contributed by atoms with Gasteiger partial charge < -0.3 is 29.6 Å². The van der Waals surface area contributed by atoms with Crippen LogP contribution in [0.2, 0.25) is 0 Å². The molecule has 7 heteroatoms. The quantitative estimate of drug-likeness (QED) is 0.463. The molecule has 3 aromatic carbocycles. The molecule has 0 spiro atoms. The van der Waals surface area contributed by atoms with E-state index in [1.165, 1.54) is 0 Å². The number of benzene rings is 3. The van der Waals surface area contributed by atoms with Gasteiger partial charge in [-0.3, -0.25) is 4.79 Å². The molecule has 0 saturated carbocycles. The maximum atomic E-state index is 13.9. The van der Waals surface area contributed by atoms with Crippen LogP contribution in [0.25, 0.3) is 0 Å². The number of ether oxygens (including phenoxy) is 4. The lowest BCUT2D eigenvalue weighted by atomic mass is 9.78. The number of rotatable bonds is 6. The Balaban J connectivity index is 1.67. The minimum Gasteiger partial charge on any atom is -0.496 e. The van der Waals surface area contributed by atoms with Crippen molar-refractivity contribution < 1.29 is 23.7 Å². The van der Waals surface area contributed by atoms with E-state index in [9.17, 15) is 4.79 Å². The average molecular weight is 487 g/mol. The lowest BCUT2D eigenvalue weighted by molar-refractivity contribution is -0.116. The summed E-state index contributed by atoms with van der Waals surface area (Å²) in [5.74, 6) is 2.44. The number of allylic oxidation sites excluding steroid dienone is 1. The van der Waals surface area contributed by atoms with Crippen LogP contribution in [0.4, 0.5) is 11.4 Å². The van der Waals surface area contributed by atoms with E-state index in [1.807, 2.05) is 60.7 Å². The van der Waals surface area contributed by atoms with Crippen molar-refractivity contribution in [1.82, 2.24) is 0 Å². The molecule has 1 aliphatic heterocycles. The number of methoxy groups -OCH3 is 4. The van der Waals surface area contributed by atoms with Crippen LogP contribution in [0.15, 0.2) is 71.9 Å². The molecule has 2 N–H and O–H groups in total. The SMILES string of the molecule is COc1ccccc1C1CC(=O)C2=C(C1)Nc1ccccc1NC2c1ccc(OC)c(OC)c1OC. The Hall–Kier alpha value is -4.13. The van der Waals surface area contributed by atoms with E-state index in [1.54, 1.807) is 28.4 Å². The van der Waals surface area contributed by atoms with Crippen LogP contribution in [0.5, 0.6) is 23.0 Å². The average Bonchev–Trinajstić information content (AvgIpc) is 3.08. The van der Waals surface area contributed by atoms with Crippen LogP contribution in [-0.4, -0.2) is 34.2 Å². The monoisotopic (exact) mass is 486 g/mol. The van der Waals surface area contributed by atoms with Gasteiger partial charge in [0.05, 0.1) is 45.9 Å². The third-order valence-electron chi connectivity index (χ3n) is 6.93. The molecular weight excluding hydrogens is 456 g/mol. The fourth-order valence-electron chi connectivity index (χ4n) is 5.30. The first-order valence-corrected chi connectivity index (χ1v) is 11.9. The predicted molar refractivity (Wildman–Crippen MR) is 140 cm³/mol. The number of carbonyl (C=O) groups is 1. The van der Waals surface area contributed by atoms with Crippen LogP contribution in [-0.2, 0) is 4.79 Å². The second-order valence-corrected chi connectivity index (χ2v) is 8.83. The van der Waals surface area contributed by atoms with Gasteiger partial charge in [-0.1, -0.05) is 30.3 Å². The molecule has 2 aliphatic rings. The van der Waals surface area contributed by atoms with Gasteiger partial charge >= 0.3 is 0 Å². The third kappa shape index (κ3) is 4.00. The summed E-state index contributed by atoms with van der Waals surface area (Å²) in [5.41, 5.74) is 5.23. The van der Waals surface area contributed by atoms with E-state index in [-0.39, 0.29) is 11.7 Å². The Kier molecular flexibility index (Phi) is 6.46. The summed E-state index contributed by atoms with van der Waals surface area (Å²) in [5, 5.41) is 7.18. The molecule has 2 atom stereocenters. The Morgan fingerprint density at radius 3 is 2.11 bits per heavy atom. The molecule has 0 radical (unpaired) electrons. The minimum atomic E-state index is -0.447. The van der Waals surface area contributed by atoms with Crippen molar-refractivity contribution in [2.24, 2.45) is 0 Å². The Labute approximate surface area is 211 Å². The van der Waals surface area contributed by atoms with Gasteiger partial charge in [0.1, 0.15) is 5.75 Å². The summed E-state index contributed by atoms with van der Waals surface area (Å²) in [6.45, 7) is 0. The molecule has 186 valence electrons. The maximum Gasteiger partial charge on any atom is 0.203 e. The first-order valence-electron chi connectivity index (χ1n) is 11.9. The zero-order valence-electron chi connectivity index (χ0n) is 20.9. The molecule has 0 fully saturated rings. The van der Waals surface area contributed by atoms with Crippen LogP contribution < -0.4 is 29.6 Å². The van der Waals surface area contributed by atoms with Crippen molar-refractivity contribution in [3.05, 3.63) is 83.1 Å². The molecule has 0 saturated heterocycles. The molecule has 5 rings (SSSR count). The van der Waals surface area contributed by atoms with Crippen molar-refractivity contribution in [2.45, 2.75) is 24.8 Å². The molecule has 1 aliphatic carbocycles. The first-order chi connectivity index (χ1) is 17.6. The molecule has 0 amide bonds. The topological polar surface area (TPSA) is 78.1 Å². The zero-order chi connectivity index (χ0) is 25.2. The van der Waals surface area contributed by atoms with E-state index in [0.717, 1.165) is 33.9 Å². The van der Waals surface area contributed by atoms with Crippen LogP contribution in [0.1, 0.15) is 35.9 Å². The maximum absolute atomic E-state index is 13.9. The summed E-state index contributed by atoms with van der Waals surface area (Å²) in [6.07, 6.45) is 1.05. The molecule has 7 nitrogen and oxygen atoms in total. The number of hydrogen-bond donors (Lipinski definition) is 2. The number of anilines is 2. The summed E-state index contributed by atoms with van der Waals surface area (Å²) >= 11 is 0. The van der Waals surface area contributed by atoms with Gasteiger partial charge in [-0.2, -0.15) is 0 Å². The van der Waals surface area contributed by atoms with Gasteiger partial charge in [0.25, 0.3) is 0 Å². The van der Waals surface area contributed by atoms with E-state index < -0.39 is 6.04 Å². The van der Waals surface area contributed by atoms with Gasteiger partial charge in [-0.05, 0) is 42.3 Å². The van der Waals surface area contributed by atoms with Gasteiger partial charge in [0.2, 0.25) is 5.75 Å². The number of hydrogen-bond acceptors (Lipinski definition) is 7. The van der Waals surface area contributed by atoms with Crippen molar-refractivity contribution in [3.8, 4) is 23.0 Å². The fraction of sp³-hybridized carbons (Fsp3) is 0.276. The Morgan fingerprint density at radius 1 is 0.694 bits per heavy atom.